The minimum Gasteiger partial charge on any atom is -0.276 e. The summed E-state index contributed by atoms with van der Waals surface area (Å²) in [6.45, 7) is 0. The predicted octanol–water partition coefficient (Wildman–Crippen LogP) is 3.15. The Bertz CT molecular complexity index is 714. The van der Waals surface area contributed by atoms with Crippen molar-refractivity contribution >= 4 is 34.2 Å². The van der Waals surface area contributed by atoms with Gasteiger partial charge in [0.05, 0.1) is 21.9 Å². The van der Waals surface area contributed by atoms with Gasteiger partial charge in [-0.3, -0.25) is 9.25 Å². The van der Waals surface area contributed by atoms with Crippen LogP contribution in [0, 0.1) is 0 Å². The third-order valence-corrected chi connectivity index (χ3v) is 3.29. The molecule has 0 spiro atoms. The van der Waals surface area contributed by atoms with Crippen LogP contribution in [0.25, 0.3) is 16.9 Å². The van der Waals surface area contributed by atoms with E-state index in [1.165, 1.54) is 0 Å². The summed E-state index contributed by atoms with van der Waals surface area (Å²) < 4.78 is 3.63. The summed E-state index contributed by atoms with van der Waals surface area (Å²) >= 11 is 12.2. The van der Waals surface area contributed by atoms with Crippen LogP contribution < -0.4 is 0 Å². The molecule has 0 saturated carbocycles. The van der Waals surface area contributed by atoms with Crippen molar-refractivity contribution in [1.29, 1.82) is 0 Å². The lowest BCUT2D eigenvalue weighted by Gasteiger charge is -2.04. The molecular formula is C12H10Cl2N4. The van der Waals surface area contributed by atoms with E-state index in [0.717, 1.165) is 22.7 Å². The molecule has 0 aliphatic heterocycles. The van der Waals surface area contributed by atoms with Crippen molar-refractivity contribution in [2.45, 2.75) is 5.88 Å². The van der Waals surface area contributed by atoms with Crippen molar-refractivity contribution in [3.63, 3.8) is 0 Å². The van der Waals surface area contributed by atoms with E-state index in [0.29, 0.717) is 10.9 Å². The summed E-state index contributed by atoms with van der Waals surface area (Å²) in [5, 5.41) is 5.02. The molecular weight excluding hydrogens is 271 g/mol. The maximum atomic E-state index is 6.25. The van der Waals surface area contributed by atoms with Crippen LogP contribution in [0.5, 0.6) is 0 Å². The Balaban J connectivity index is 2.38. The Hall–Kier alpha value is -1.52. The van der Waals surface area contributed by atoms with Crippen LogP contribution in [0.4, 0.5) is 0 Å². The third-order valence-electron chi connectivity index (χ3n) is 2.74. The smallest absolute Gasteiger partial charge is 0.160 e. The van der Waals surface area contributed by atoms with E-state index in [2.05, 4.69) is 10.1 Å². The molecule has 0 unspecified atom stereocenters. The molecule has 6 heteroatoms. The Kier molecular flexibility index (Phi) is 2.76. The van der Waals surface area contributed by atoms with Crippen LogP contribution in [-0.2, 0) is 12.9 Å². The lowest BCUT2D eigenvalue weighted by atomic mass is 10.3. The first-order valence-corrected chi connectivity index (χ1v) is 6.34. The van der Waals surface area contributed by atoms with Crippen LogP contribution in [-0.4, -0.2) is 19.3 Å². The molecule has 3 aromatic rings. The second-order valence-corrected chi connectivity index (χ2v) is 4.63. The normalized spacial score (nSPS) is 11.3. The first kappa shape index (κ1) is 11.6. The van der Waals surface area contributed by atoms with Gasteiger partial charge in [0.25, 0.3) is 0 Å². The van der Waals surface area contributed by atoms with Gasteiger partial charge in [0.1, 0.15) is 5.82 Å². The highest BCUT2D eigenvalue weighted by molar-refractivity contribution is 6.35. The van der Waals surface area contributed by atoms with Crippen LogP contribution in [0.1, 0.15) is 5.82 Å². The summed E-state index contributed by atoms with van der Waals surface area (Å²) in [5.41, 5.74) is 1.66. The van der Waals surface area contributed by atoms with Crippen molar-refractivity contribution < 1.29 is 0 Å². The summed E-state index contributed by atoms with van der Waals surface area (Å²) in [7, 11) is 1.87. The van der Waals surface area contributed by atoms with Crippen molar-refractivity contribution in [2.75, 3.05) is 0 Å². The number of benzene rings is 1. The van der Waals surface area contributed by atoms with E-state index < -0.39 is 0 Å². The molecule has 0 aliphatic rings. The molecule has 0 radical (unpaired) electrons. The number of hydrogen-bond acceptors (Lipinski definition) is 2. The molecule has 0 atom stereocenters. The van der Waals surface area contributed by atoms with Gasteiger partial charge in [0.2, 0.25) is 0 Å². The predicted molar refractivity (Wildman–Crippen MR) is 72.4 cm³/mol. The fourth-order valence-electron chi connectivity index (χ4n) is 1.99. The number of imidazole rings is 1. The van der Waals surface area contributed by atoms with Gasteiger partial charge in [-0.1, -0.05) is 17.7 Å². The Morgan fingerprint density at radius 3 is 2.78 bits per heavy atom. The van der Waals surface area contributed by atoms with Crippen LogP contribution in [0.3, 0.4) is 0 Å². The number of halogens is 2. The maximum Gasteiger partial charge on any atom is 0.160 e. The molecule has 18 heavy (non-hydrogen) atoms. The minimum absolute atomic E-state index is 0.307. The summed E-state index contributed by atoms with van der Waals surface area (Å²) in [5.74, 6) is 1.81. The van der Waals surface area contributed by atoms with Gasteiger partial charge in [-0.25, -0.2) is 4.98 Å². The molecule has 3 rings (SSSR count). The Morgan fingerprint density at radius 1 is 1.28 bits per heavy atom. The van der Waals surface area contributed by atoms with E-state index >= 15 is 0 Å². The number of aryl methyl sites for hydroxylation is 1. The molecule has 1 aromatic carbocycles. The molecule has 4 nitrogen and oxygen atoms in total. The van der Waals surface area contributed by atoms with Crippen molar-refractivity contribution in [3.8, 4) is 5.82 Å². The first-order valence-electron chi connectivity index (χ1n) is 5.42. The zero-order chi connectivity index (χ0) is 12.7. The van der Waals surface area contributed by atoms with Gasteiger partial charge in [-0.2, -0.15) is 5.10 Å². The quantitative estimate of drug-likeness (QED) is 0.676. The average Bonchev–Trinajstić information content (AvgIpc) is 2.92. The molecule has 0 aliphatic carbocycles. The van der Waals surface area contributed by atoms with Crippen LogP contribution >= 0.6 is 23.2 Å². The molecule has 0 saturated heterocycles. The van der Waals surface area contributed by atoms with Gasteiger partial charge in [0.15, 0.2) is 5.82 Å². The van der Waals surface area contributed by atoms with E-state index in [9.17, 15) is 0 Å². The molecule has 92 valence electrons. The van der Waals surface area contributed by atoms with Gasteiger partial charge in [-0.15, -0.1) is 11.6 Å². The van der Waals surface area contributed by atoms with Gasteiger partial charge in [0, 0.05) is 19.3 Å². The van der Waals surface area contributed by atoms with Crippen LogP contribution in [0.15, 0.2) is 30.5 Å². The molecule has 0 fully saturated rings. The van der Waals surface area contributed by atoms with E-state index in [4.69, 9.17) is 23.2 Å². The molecule has 2 aromatic heterocycles. The minimum atomic E-state index is 0.307. The number of aromatic nitrogens is 4. The second-order valence-electron chi connectivity index (χ2n) is 3.95. The van der Waals surface area contributed by atoms with E-state index in [1.54, 1.807) is 4.68 Å². The van der Waals surface area contributed by atoms with Crippen molar-refractivity contribution in [2.24, 2.45) is 7.05 Å². The highest BCUT2D eigenvalue weighted by atomic mass is 35.5. The summed E-state index contributed by atoms with van der Waals surface area (Å²) in [6, 6.07) is 7.53. The molecule has 0 bridgehead atoms. The SMILES string of the molecule is Cn1ccc(-n2c(CCl)nc3cccc(Cl)c32)n1. The highest BCUT2D eigenvalue weighted by Gasteiger charge is 2.15. The maximum absolute atomic E-state index is 6.25. The largest absolute Gasteiger partial charge is 0.276 e. The summed E-state index contributed by atoms with van der Waals surface area (Å²) in [4.78, 5) is 4.47. The Labute approximate surface area is 114 Å². The standard InChI is InChI=1S/C12H10Cl2N4/c1-17-6-5-10(16-17)18-11(7-13)15-9-4-2-3-8(14)12(9)18/h2-6H,7H2,1H3. The van der Waals surface area contributed by atoms with Gasteiger partial charge < -0.3 is 0 Å². The number of para-hydroxylation sites is 1. The fourth-order valence-corrected chi connectivity index (χ4v) is 2.43. The highest BCUT2D eigenvalue weighted by Crippen LogP contribution is 2.27. The topological polar surface area (TPSA) is 35.6 Å². The van der Waals surface area contributed by atoms with Gasteiger partial charge in [-0.05, 0) is 12.1 Å². The number of alkyl halides is 1. The van der Waals surface area contributed by atoms with Crippen molar-refractivity contribution in [3.05, 3.63) is 41.3 Å². The monoisotopic (exact) mass is 280 g/mol. The van der Waals surface area contributed by atoms with E-state index in [1.807, 2.05) is 42.1 Å². The number of rotatable bonds is 2. The number of hydrogen-bond donors (Lipinski definition) is 0. The zero-order valence-electron chi connectivity index (χ0n) is 9.64. The van der Waals surface area contributed by atoms with Crippen molar-refractivity contribution in [1.82, 2.24) is 19.3 Å². The third kappa shape index (κ3) is 1.69. The number of fused-ring (bicyclic) bond motifs is 1. The Morgan fingerprint density at radius 2 is 2.11 bits per heavy atom. The van der Waals surface area contributed by atoms with Crippen LogP contribution in [0.2, 0.25) is 5.02 Å². The lowest BCUT2D eigenvalue weighted by molar-refractivity contribution is 0.749. The number of nitrogens with zero attached hydrogens (tertiary/aromatic N) is 4. The second kappa shape index (κ2) is 4.30. The first-order chi connectivity index (χ1) is 8.70. The lowest BCUT2D eigenvalue weighted by Crippen LogP contribution is -2.01. The van der Waals surface area contributed by atoms with E-state index in [-0.39, 0.29) is 0 Å². The molecule has 2 heterocycles. The fraction of sp³-hybridized carbons (Fsp3) is 0.167. The summed E-state index contributed by atoms with van der Waals surface area (Å²) in [6.07, 6.45) is 1.87. The average molecular weight is 281 g/mol. The molecule has 0 amide bonds. The van der Waals surface area contributed by atoms with Gasteiger partial charge >= 0.3 is 0 Å². The zero-order valence-corrected chi connectivity index (χ0v) is 11.2. The molecule has 0 N–H and O–H groups in total.